The lowest BCUT2D eigenvalue weighted by atomic mass is 10.1. The molecular formula is C20H34N4O. The summed E-state index contributed by atoms with van der Waals surface area (Å²) in [5.41, 5.74) is 2.76. The zero-order valence-corrected chi connectivity index (χ0v) is 15.9. The van der Waals surface area contributed by atoms with Gasteiger partial charge in [-0.05, 0) is 44.0 Å². The van der Waals surface area contributed by atoms with Crippen molar-refractivity contribution in [3.8, 4) is 0 Å². The van der Waals surface area contributed by atoms with Gasteiger partial charge in [-0.2, -0.15) is 0 Å². The number of ether oxygens (including phenoxy) is 1. The maximum Gasteiger partial charge on any atom is 0.191 e. The second-order valence-corrected chi connectivity index (χ2v) is 6.51. The third-order valence-corrected chi connectivity index (χ3v) is 4.62. The highest BCUT2D eigenvalue weighted by Crippen LogP contribution is 2.16. The summed E-state index contributed by atoms with van der Waals surface area (Å²) in [6.07, 6.45) is 5.42. The Bertz CT molecular complexity index is 510. The van der Waals surface area contributed by atoms with Gasteiger partial charge in [0.1, 0.15) is 0 Å². The molecule has 140 valence electrons. The summed E-state index contributed by atoms with van der Waals surface area (Å²) in [5.74, 6) is 0.823. The Balaban J connectivity index is 1.86. The Morgan fingerprint density at radius 2 is 1.80 bits per heavy atom. The van der Waals surface area contributed by atoms with Gasteiger partial charge in [0.2, 0.25) is 0 Å². The highest BCUT2D eigenvalue weighted by atomic mass is 16.5. The summed E-state index contributed by atoms with van der Waals surface area (Å²) < 4.78 is 5.35. The molecule has 25 heavy (non-hydrogen) atoms. The number of hydrogen-bond acceptors (Lipinski definition) is 3. The van der Waals surface area contributed by atoms with Gasteiger partial charge in [-0.1, -0.05) is 37.1 Å². The van der Waals surface area contributed by atoms with E-state index < -0.39 is 0 Å². The van der Waals surface area contributed by atoms with E-state index in [0.29, 0.717) is 6.61 Å². The van der Waals surface area contributed by atoms with Crippen molar-refractivity contribution in [2.75, 3.05) is 39.9 Å². The Morgan fingerprint density at radius 1 is 1.08 bits per heavy atom. The van der Waals surface area contributed by atoms with Crippen molar-refractivity contribution >= 4 is 5.96 Å². The van der Waals surface area contributed by atoms with E-state index in [-0.39, 0.29) is 0 Å². The molecule has 1 aliphatic heterocycles. The number of guanidine groups is 1. The standard InChI is InChI=1S/C20H34N4O/c1-3-25-15-12-22-20(21-2)23-16-18-10-6-7-11-19(18)17-24-13-8-4-5-9-14-24/h6-7,10-11H,3-5,8-9,12-17H2,1-2H3,(H2,21,22,23). The molecule has 5 nitrogen and oxygen atoms in total. The lowest BCUT2D eigenvalue weighted by Gasteiger charge is -2.22. The molecule has 0 radical (unpaired) electrons. The van der Waals surface area contributed by atoms with E-state index in [1.807, 2.05) is 6.92 Å². The van der Waals surface area contributed by atoms with Crippen LogP contribution in [0.4, 0.5) is 0 Å². The highest BCUT2D eigenvalue weighted by molar-refractivity contribution is 5.79. The maximum absolute atomic E-state index is 5.35. The molecule has 0 amide bonds. The van der Waals surface area contributed by atoms with Crippen molar-refractivity contribution in [1.29, 1.82) is 0 Å². The fraction of sp³-hybridized carbons (Fsp3) is 0.650. The minimum Gasteiger partial charge on any atom is -0.380 e. The summed E-state index contributed by atoms with van der Waals surface area (Å²) in [6, 6.07) is 8.74. The maximum atomic E-state index is 5.35. The van der Waals surface area contributed by atoms with E-state index in [1.165, 1.54) is 49.9 Å². The molecule has 0 aliphatic carbocycles. The summed E-state index contributed by atoms with van der Waals surface area (Å²) in [5, 5.41) is 6.70. The highest BCUT2D eigenvalue weighted by Gasteiger charge is 2.11. The van der Waals surface area contributed by atoms with E-state index >= 15 is 0 Å². The van der Waals surface area contributed by atoms with E-state index in [0.717, 1.165) is 32.2 Å². The van der Waals surface area contributed by atoms with Gasteiger partial charge in [0, 0.05) is 33.3 Å². The molecule has 1 aromatic rings. The Labute approximate surface area is 152 Å². The smallest absolute Gasteiger partial charge is 0.191 e. The molecule has 2 rings (SSSR count). The monoisotopic (exact) mass is 346 g/mol. The van der Waals surface area contributed by atoms with Gasteiger partial charge in [-0.3, -0.25) is 9.89 Å². The van der Waals surface area contributed by atoms with Crippen molar-refractivity contribution in [3.05, 3.63) is 35.4 Å². The zero-order chi connectivity index (χ0) is 17.7. The van der Waals surface area contributed by atoms with Crippen LogP contribution >= 0.6 is 0 Å². The van der Waals surface area contributed by atoms with Crippen LogP contribution in [0.1, 0.15) is 43.7 Å². The van der Waals surface area contributed by atoms with Crippen LogP contribution in [0, 0.1) is 0 Å². The lowest BCUT2D eigenvalue weighted by molar-refractivity contribution is 0.152. The number of aliphatic imine (C=N–C) groups is 1. The van der Waals surface area contributed by atoms with Crippen molar-refractivity contribution in [1.82, 2.24) is 15.5 Å². The van der Waals surface area contributed by atoms with Crippen LogP contribution in [0.2, 0.25) is 0 Å². The molecule has 1 fully saturated rings. The van der Waals surface area contributed by atoms with Crippen molar-refractivity contribution < 1.29 is 4.74 Å². The average Bonchev–Trinajstić information content (AvgIpc) is 2.91. The third kappa shape index (κ3) is 7.45. The molecule has 1 aromatic carbocycles. The van der Waals surface area contributed by atoms with Gasteiger partial charge in [-0.15, -0.1) is 0 Å². The summed E-state index contributed by atoms with van der Waals surface area (Å²) in [6.45, 7) is 8.51. The van der Waals surface area contributed by atoms with Gasteiger partial charge in [0.15, 0.2) is 5.96 Å². The Hall–Kier alpha value is -1.59. The van der Waals surface area contributed by atoms with E-state index in [4.69, 9.17) is 4.74 Å². The second-order valence-electron chi connectivity index (χ2n) is 6.51. The van der Waals surface area contributed by atoms with Crippen molar-refractivity contribution in [3.63, 3.8) is 0 Å². The minimum absolute atomic E-state index is 0.697. The normalized spacial score (nSPS) is 16.5. The molecule has 0 bridgehead atoms. The molecule has 1 aliphatic rings. The summed E-state index contributed by atoms with van der Waals surface area (Å²) in [7, 11) is 1.80. The molecule has 1 saturated heterocycles. The first-order chi connectivity index (χ1) is 12.3. The minimum atomic E-state index is 0.697. The van der Waals surface area contributed by atoms with Crippen molar-refractivity contribution in [2.24, 2.45) is 4.99 Å². The van der Waals surface area contributed by atoms with Crippen LogP contribution in [-0.4, -0.2) is 50.8 Å². The first kappa shape index (κ1) is 19.7. The molecule has 2 N–H and O–H groups in total. The molecule has 0 aromatic heterocycles. The summed E-state index contributed by atoms with van der Waals surface area (Å²) in [4.78, 5) is 6.89. The lowest BCUT2D eigenvalue weighted by Crippen LogP contribution is -2.38. The van der Waals surface area contributed by atoms with Crippen LogP contribution in [0.25, 0.3) is 0 Å². The van der Waals surface area contributed by atoms with E-state index in [1.54, 1.807) is 7.05 Å². The number of likely N-dealkylation sites (tertiary alicyclic amines) is 1. The molecule has 5 heteroatoms. The van der Waals surface area contributed by atoms with Crippen molar-refractivity contribution in [2.45, 2.75) is 45.7 Å². The number of benzene rings is 1. The fourth-order valence-corrected chi connectivity index (χ4v) is 3.20. The number of nitrogens with one attached hydrogen (secondary N) is 2. The topological polar surface area (TPSA) is 48.9 Å². The van der Waals surface area contributed by atoms with Gasteiger partial charge in [0.25, 0.3) is 0 Å². The van der Waals surface area contributed by atoms with Crippen LogP contribution < -0.4 is 10.6 Å². The third-order valence-electron chi connectivity index (χ3n) is 4.62. The van der Waals surface area contributed by atoms with Gasteiger partial charge in [-0.25, -0.2) is 0 Å². The number of nitrogens with zero attached hydrogens (tertiary/aromatic N) is 2. The fourth-order valence-electron chi connectivity index (χ4n) is 3.20. The number of rotatable bonds is 8. The molecule has 0 atom stereocenters. The predicted octanol–water partition coefficient (Wildman–Crippen LogP) is 2.76. The van der Waals surface area contributed by atoms with Crippen LogP contribution in [0.15, 0.2) is 29.3 Å². The van der Waals surface area contributed by atoms with Crippen LogP contribution in [-0.2, 0) is 17.8 Å². The Morgan fingerprint density at radius 3 is 2.48 bits per heavy atom. The quantitative estimate of drug-likeness (QED) is 0.432. The van der Waals surface area contributed by atoms with E-state index in [9.17, 15) is 0 Å². The van der Waals surface area contributed by atoms with Gasteiger partial charge >= 0.3 is 0 Å². The van der Waals surface area contributed by atoms with Crippen LogP contribution in [0.3, 0.4) is 0 Å². The largest absolute Gasteiger partial charge is 0.380 e. The molecule has 0 spiro atoms. The summed E-state index contributed by atoms with van der Waals surface area (Å²) >= 11 is 0. The molecule has 0 saturated carbocycles. The molecular weight excluding hydrogens is 312 g/mol. The predicted molar refractivity (Wildman–Crippen MR) is 105 cm³/mol. The first-order valence-corrected chi connectivity index (χ1v) is 9.65. The zero-order valence-electron chi connectivity index (χ0n) is 15.9. The van der Waals surface area contributed by atoms with Gasteiger partial charge < -0.3 is 15.4 Å². The molecule has 0 unspecified atom stereocenters. The second kappa shape index (κ2) is 11.9. The van der Waals surface area contributed by atoms with E-state index in [2.05, 4.69) is 44.8 Å². The SMILES string of the molecule is CCOCCNC(=NC)NCc1ccccc1CN1CCCCCC1. The number of hydrogen-bond donors (Lipinski definition) is 2. The average molecular weight is 347 g/mol. The molecule has 1 heterocycles. The van der Waals surface area contributed by atoms with Crippen LogP contribution in [0.5, 0.6) is 0 Å². The van der Waals surface area contributed by atoms with Gasteiger partial charge in [0.05, 0.1) is 6.61 Å². The first-order valence-electron chi connectivity index (χ1n) is 9.65. The Kier molecular flexibility index (Phi) is 9.37.